The van der Waals surface area contributed by atoms with Crippen molar-refractivity contribution in [3.8, 4) is 0 Å². The fourth-order valence-corrected chi connectivity index (χ4v) is 5.49. The van der Waals surface area contributed by atoms with Gasteiger partial charge in [-0.25, -0.2) is 0 Å². The molecule has 0 radical (unpaired) electrons. The molecule has 0 aromatic heterocycles. The Morgan fingerprint density at radius 1 is 1.31 bits per heavy atom. The minimum atomic E-state index is 0.402. The second kappa shape index (κ2) is 3.97. The SMILES string of the molecule is CC(C)C1=CNC2C1SC(C)C2C(C)(C)C. The zero-order chi connectivity index (χ0) is 12.1. The van der Waals surface area contributed by atoms with Crippen LogP contribution >= 0.6 is 11.8 Å². The van der Waals surface area contributed by atoms with Crippen molar-refractivity contribution in [2.45, 2.75) is 58.1 Å². The second-order valence-corrected chi connectivity index (χ2v) is 8.17. The predicted octanol–water partition coefficient (Wildman–Crippen LogP) is 3.66. The molecule has 1 N–H and O–H groups in total. The van der Waals surface area contributed by atoms with Gasteiger partial charge in [0.2, 0.25) is 0 Å². The van der Waals surface area contributed by atoms with E-state index in [1.54, 1.807) is 5.57 Å². The summed E-state index contributed by atoms with van der Waals surface area (Å²) in [7, 11) is 0. The third-order valence-electron chi connectivity index (χ3n) is 4.02. The van der Waals surface area contributed by atoms with E-state index < -0.39 is 0 Å². The van der Waals surface area contributed by atoms with Crippen LogP contribution in [0.4, 0.5) is 0 Å². The lowest BCUT2D eigenvalue weighted by Gasteiger charge is -2.34. The van der Waals surface area contributed by atoms with E-state index in [0.29, 0.717) is 17.4 Å². The number of hydrogen-bond donors (Lipinski definition) is 1. The number of fused-ring (bicyclic) bond motifs is 1. The molecule has 0 aliphatic carbocycles. The highest BCUT2D eigenvalue weighted by atomic mass is 32.2. The second-order valence-electron chi connectivity index (χ2n) is 6.65. The number of hydrogen-bond acceptors (Lipinski definition) is 2. The zero-order valence-electron chi connectivity index (χ0n) is 11.4. The summed E-state index contributed by atoms with van der Waals surface area (Å²) in [6.07, 6.45) is 2.29. The molecule has 16 heavy (non-hydrogen) atoms. The van der Waals surface area contributed by atoms with Crippen molar-refractivity contribution in [1.29, 1.82) is 0 Å². The van der Waals surface area contributed by atoms with Crippen molar-refractivity contribution in [1.82, 2.24) is 5.32 Å². The average Bonchev–Trinajstić information content (AvgIpc) is 2.57. The number of nitrogens with one attached hydrogen (secondary N) is 1. The van der Waals surface area contributed by atoms with Crippen LogP contribution in [0, 0.1) is 17.3 Å². The summed E-state index contributed by atoms with van der Waals surface area (Å²) >= 11 is 2.18. The Hall–Kier alpha value is -0.110. The van der Waals surface area contributed by atoms with Gasteiger partial charge >= 0.3 is 0 Å². The Bertz CT molecular complexity index is 300. The van der Waals surface area contributed by atoms with E-state index in [2.05, 4.69) is 64.8 Å². The lowest BCUT2D eigenvalue weighted by atomic mass is 9.73. The van der Waals surface area contributed by atoms with Crippen LogP contribution in [-0.2, 0) is 0 Å². The van der Waals surface area contributed by atoms with Crippen LogP contribution in [0.1, 0.15) is 41.5 Å². The Morgan fingerprint density at radius 2 is 1.94 bits per heavy atom. The zero-order valence-corrected chi connectivity index (χ0v) is 12.2. The molecule has 0 aromatic rings. The van der Waals surface area contributed by atoms with Crippen molar-refractivity contribution in [3.63, 3.8) is 0 Å². The van der Waals surface area contributed by atoms with Gasteiger partial charge in [-0.2, -0.15) is 0 Å². The van der Waals surface area contributed by atoms with E-state index in [9.17, 15) is 0 Å². The van der Waals surface area contributed by atoms with Crippen molar-refractivity contribution < 1.29 is 0 Å². The van der Waals surface area contributed by atoms with Gasteiger partial charge in [-0.1, -0.05) is 41.5 Å². The third kappa shape index (κ3) is 1.90. The van der Waals surface area contributed by atoms with E-state index in [-0.39, 0.29) is 0 Å². The smallest absolute Gasteiger partial charge is 0.0483 e. The largest absolute Gasteiger partial charge is 0.386 e. The molecule has 92 valence electrons. The van der Waals surface area contributed by atoms with Crippen molar-refractivity contribution in [3.05, 3.63) is 11.8 Å². The quantitative estimate of drug-likeness (QED) is 0.749. The Labute approximate surface area is 104 Å². The van der Waals surface area contributed by atoms with Crippen LogP contribution in [0.15, 0.2) is 11.8 Å². The highest BCUT2D eigenvalue weighted by Gasteiger charge is 2.50. The summed E-state index contributed by atoms with van der Waals surface area (Å²) in [5.41, 5.74) is 2.02. The molecule has 2 heteroatoms. The van der Waals surface area contributed by atoms with Gasteiger partial charge in [-0.05, 0) is 29.0 Å². The Kier molecular flexibility index (Phi) is 3.07. The first-order valence-corrected chi connectivity index (χ1v) is 7.38. The highest BCUT2D eigenvalue weighted by molar-refractivity contribution is 8.01. The fraction of sp³-hybridized carbons (Fsp3) is 0.857. The molecule has 2 rings (SSSR count). The number of rotatable bonds is 1. The predicted molar refractivity (Wildman–Crippen MR) is 73.6 cm³/mol. The van der Waals surface area contributed by atoms with Gasteiger partial charge in [0.1, 0.15) is 0 Å². The lowest BCUT2D eigenvalue weighted by molar-refractivity contribution is 0.204. The van der Waals surface area contributed by atoms with Crippen LogP contribution in [0.2, 0.25) is 0 Å². The van der Waals surface area contributed by atoms with Gasteiger partial charge in [-0.3, -0.25) is 0 Å². The topological polar surface area (TPSA) is 12.0 Å². The summed E-state index contributed by atoms with van der Waals surface area (Å²) in [6.45, 7) is 14.2. The van der Waals surface area contributed by atoms with E-state index in [1.165, 1.54) is 0 Å². The van der Waals surface area contributed by atoms with E-state index in [1.807, 2.05) is 0 Å². The molecule has 1 nitrogen and oxygen atoms in total. The molecule has 1 fully saturated rings. The summed E-state index contributed by atoms with van der Waals surface area (Å²) < 4.78 is 0. The Morgan fingerprint density at radius 3 is 2.44 bits per heavy atom. The van der Waals surface area contributed by atoms with Crippen molar-refractivity contribution in [2.24, 2.45) is 17.3 Å². The van der Waals surface area contributed by atoms with Crippen LogP contribution < -0.4 is 5.32 Å². The van der Waals surface area contributed by atoms with E-state index >= 15 is 0 Å². The normalized spacial score (nSPS) is 38.6. The number of thioether (sulfide) groups is 1. The van der Waals surface area contributed by atoms with E-state index in [0.717, 1.165) is 16.4 Å². The van der Waals surface area contributed by atoms with Gasteiger partial charge in [0.05, 0.1) is 0 Å². The van der Waals surface area contributed by atoms with Crippen LogP contribution in [0.5, 0.6) is 0 Å². The summed E-state index contributed by atoms with van der Waals surface area (Å²) in [4.78, 5) is 0. The fourth-order valence-electron chi connectivity index (χ4n) is 3.37. The minimum Gasteiger partial charge on any atom is -0.386 e. The molecule has 0 saturated carbocycles. The molecule has 2 heterocycles. The van der Waals surface area contributed by atoms with Crippen LogP contribution in [-0.4, -0.2) is 16.5 Å². The first-order chi connectivity index (χ1) is 7.32. The summed E-state index contributed by atoms with van der Waals surface area (Å²) in [5, 5.41) is 5.14. The standard InChI is InChI=1S/C14H25NS/c1-8(2)10-7-15-12-11(14(4,5)6)9(3)16-13(10)12/h7-9,11-13,15H,1-6H3. The maximum atomic E-state index is 3.65. The van der Waals surface area contributed by atoms with Crippen molar-refractivity contribution in [2.75, 3.05) is 0 Å². The minimum absolute atomic E-state index is 0.402. The molecule has 0 bridgehead atoms. The molecule has 2 aliphatic heterocycles. The molecule has 4 atom stereocenters. The third-order valence-corrected chi connectivity index (χ3v) is 5.60. The van der Waals surface area contributed by atoms with Gasteiger partial charge in [-0.15, -0.1) is 11.8 Å². The maximum absolute atomic E-state index is 3.65. The average molecular weight is 239 g/mol. The lowest BCUT2D eigenvalue weighted by Crippen LogP contribution is -2.41. The monoisotopic (exact) mass is 239 g/mol. The summed E-state index contributed by atoms with van der Waals surface area (Å²) in [5.74, 6) is 1.45. The maximum Gasteiger partial charge on any atom is 0.0483 e. The van der Waals surface area contributed by atoms with Gasteiger partial charge in [0.25, 0.3) is 0 Å². The van der Waals surface area contributed by atoms with Gasteiger partial charge in [0, 0.05) is 16.5 Å². The molecule has 0 aromatic carbocycles. The van der Waals surface area contributed by atoms with E-state index in [4.69, 9.17) is 0 Å². The molecule has 2 aliphatic rings. The van der Waals surface area contributed by atoms with Crippen LogP contribution in [0.3, 0.4) is 0 Å². The van der Waals surface area contributed by atoms with Crippen molar-refractivity contribution >= 4 is 11.8 Å². The van der Waals surface area contributed by atoms with Crippen LogP contribution in [0.25, 0.3) is 0 Å². The molecule has 4 unspecified atom stereocenters. The molecular weight excluding hydrogens is 214 g/mol. The highest BCUT2D eigenvalue weighted by Crippen LogP contribution is 2.51. The molecular formula is C14H25NS. The Balaban J connectivity index is 2.20. The molecule has 1 saturated heterocycles. The van der Waals surface area contributed by atoms with Gasteiger partial charge in [0.15, 0.2) is 0 Å². The molecule has 0 spiro atoms. The summed E-state index contributed by atoms with van der Waals surface area (Å²) in [6, 6.07) is 0.664. The first kappa shape index (κ1) is 12.3. The van der Waals surface area contributed by atoms with Gasteiger partial charge < -0.3 is 5.32 Å². The first-order valence-electron chi connectivity index (χ1n) is 6.44. The molecule has 0 amide bonds.